The molecule has 5 aromatic rings. The summed E-state index contributed by atoms with van der Waals surface area (Å²) in [5.74, 6) is -0.242. The van der Waals surface area contributed by atoms with Crippen molar-refractivity contribution in [3.8, 4) is 5.69 Å². The normalized spacial score (nSPS) is 11.1. The summed E-state index contributed by atoms with van der Waals surface area (Å²) in [4.78, 5) is 17.0. The fourth-order valence-electron chi connectivity index (χ4n) is 3.20. The molecule has 6 heteroatoms. The maximum absolute atomic E-state index is 12.6. The molecule has 0 spiro atoms. The van der Waals surface area contributed by atoms with Gasteiger partial charge in [0, 0.05) is 16.8 Å². The average Bonchev–Trinajstić information content (AvgIpc) is 3.33. The summed E-state index contributed by atoms with van der Waals surface area (Å²) in [6.45, 7) is 0. The lowest BCUT2D eigenvalue weighted by molar-refractivity contribution is 0.102. The van der Waals surface area contributed by atoms with Crippen LogP contribution in [0.2, 0.25) is 0 Å². The van der Waals surface area contributed by atoms with Crippen molar-refractivity contribution in [2.24, 2.45) is 0 Å². The van der Waals surface area contributed by atoms with Crippen LogP contribution in [0.15, 0.2) is 79.1 Å². The van der Waals surface area contributed by atoms with Crippen LogP contribution >= 0.6 is 0 Å². The van der Waals surface area contributed by atoms with Crippen molar-refractivity contribution in [2.75, 3.05) is 5.32 Å². The summed E-state index contributed by atoms with van der Waals surface area (Å²) in [6, 6.07) is 23.2. The fraction of sp³-hybridized carbons (Fsp3) is 0. The molecule has 2 N–H and O–H groups in total. The number of nitrogens with one attached hydrogen (secondary N) is 2. The first-order valence-electron chi connectivity index (χ1n) is 8.56. The van der Waals surface area contributed by atoms with Gasteiger partial charge in [-0.15, -0.1) is 0 Å². The number of para-hydroxylation sites is 3. The molecule has 130 valence electrons. The van der Waals surface area contributed by atoms with Crippen LogP contribution in [0.4, 0.5) is 5.69 Å². The Morgan fingerprint density at radius 1 is 0.926 bits per heavy atom. The molecule has 2 heterocycles. The Bertz CT molecular complexity index is 1270. The smallest absolute Gasteiger partial charge is 0.276 e. The highest BCUT2D eigenvalue weighted by Gasteiger charge is 2.14. The van der Waals surface area contributed by atoms with Crippen LogP contribution in [-0.2, 0) is 0 Å². The van der Waals surface area contributed by atoms with Gasteiger partial charge in [-0.25, -0.2) is 4.98 Å². The van der Waals surface area contributed by atoms with E-state index in [0.29, 0.717) is 11.4 Å². The van der Waals surface area contributed by atoms with Gasteiger partial charge in [0.25, 0.3) is 5.91 Å². The molecule has 3 aromatic carbocycles. The van der Waals surface area contributed by atoms with E-state index in [1.807, 2.05) is 77.4 Å². The maximum Gasteiger partial charge on any atom is 0.276 e. The molecule has 0 saturated heterocycles. The average molecular weight is 353 g/mol. The van der Waals surface area contributed by atoms with Gasteiger partial charge in [0.2, 0.25) is 0 Å². The molecule has 0 aliphatic heterocycles. The lowest BCUT2D eigenvalue weighted by atomic mass is 10.2. The first kappa shape index (κ1) is 15.3. The van der Waals surface area contributed by atoms with E-state index in [1.165, 1.54) is 0 Å². The van der Waals surface area contributed by atoms with Crippen molar-refractivity contribution < 1.29 is 4.79 Å². The lowest BCUT2D eigenvalue weighted by Gasteiger charge is -2.07. The standard InChI is InChI=1S/C21H15N5O/c27-21(20-16-5-1-2-6-17(16)24-25-20)23-14-9-11-15(12-10-14)26-13-22-18-7-3-4-8-19(18)26/h1-13H,(H,23,27)(H,24,25). The summed E-state index contributed by atoms with van der Waals surface area (Å²) >= 11 is 0. The van der Waals surface area contributed by atoms with Crippen LogP contribution < -0.4 is 5.32 Å². The van der Waals surface area contributed by atoms with Crippen LogP contribution in [0, 0.1) is 0 Å². The number of imidazole rings is 1. The number of carbonyl (C=O) groups is 1. The minimum atomic E-state index is -0.242. The van der Waals surface area contributed by atoms with Crippen molar-refractivity contribution in [3.63, 3.8) is 0 Å². The molecule has 1 amide bonds. The van der Waals surface area contributed by atoms with Crippen molar-refractivity contribution in [2.45, 2.75) is 0 Å². The van der Waals surface area contributed by atoms with E-state index in [2.05, 4.69) is 20.5 Å². The van der Waals surface area contributed by atoms with Gasteiger partial charge in [-0.2, -0.15) is 5.10 Å². The largest absolute Gasteiger partial charge is 0.321 e. The number of aromatic nitrogens is 4. The minimum Gasteiger partial charge on any atom is -0.321 e. The van der Waals surface area contributed by atoms with E-state index in [0.717, 1.165) is 27.6 Å². The number of nitrogens with zero attached hydrogens (tertiary/aromatic N) is 3. The Hall–Kier alpha value is -3.93. The Kier molecular flexibility index (Phi) is 3.47. The van der Waals surface area contributed by atoms with Gasteiger partial charge in [-0.05, 0) is 42.5 Å². The Morgan fingerprint density at radius 3 is 2.59 bits per heavy atom. The zero-order valence-electron chi connectivity index (χ0n) is 14.3. The van der Waals surface area contributed by atoms with Crippen molar-refractivity contribution in [3.05, 3.63) is 84.8 Å². The molecule has 0 aliphatic rings. The zero-order chi connectivity index (χ0) is 18.2. The fourth-order valence-corrected chi connectivity index (χ4v) is 3.20. The number of benzene rings is 3. The lowest BCUT2D eigenvalue weighted by Crippen LogP contribution is -2.12. The highest BCUT2D eigenvalue weighted by Crippen LogP contribution is 2.21. The van der Waals surface area contributed by atoms with E-state index >= 15 is 0 Å². The number of fused-ring (bicyclic) bond motifs is 2. The predicted octanol–water partition coefficient (Wildman–Crippen LogP) is 4.15. The van der Waals surface area contributed by atoms with E-state index in [9.17, 15) is 4.79 Å². The molecule has 0 atom stereocenters. The first-order chi connectivity index (χ1) is 13.3. The van der Waals surface area contributed by atoms with Gasteiger partial charge in [0.05, 0.1) is 16.6 Å². The molecule has 27 heavy (non-hydrogen) atoms. The second-order valence-corrected chi connectivity index (χ2v) is 6.22. The molecule has 0 bridgehead atoms. The van der Waals surface area contributed by atoms with Gasteiger partial charge in [-0.1, -0.05) is 30.3 Å². The quantitative estimate of drug-likeness (QED) is 0.511. The van der Waals surface area contributed by atoms with E-state index in [4.69, 9.17) is 0 Å². The number of carbonyl (C=O) groups excluding carboxylic acids is 1. The molecule has 6 nitrogen and oxygen atoms in total. The summed E-state index contributed by atoms with van der Waals surface area (Å²) in [6.07, 6.45) is 1.80. The molecular weight excluding hydrogens is 338 g/mol. The molecular formula is C21H15N5O. The first-order valence-corrected chi connectivity index (χ1v) is 8.56. The molecule has 2 aromatic heterocycles. The summed E-state index contributed by atoms with van der Waals surface area (Å²) in [5, 5.41) is 10.7. The molecule has 5 rings (SSSR count). The van der Waals surface area contributed by atoms with E-state index in [-0.39, 0.29) is 5.91 Å². The maximum atomic E-state index is 12.6. The molecule has 0 unspecified atom stereocenters. The number of aromatic amines is 1. The topological polar surface area (TPSA) is 75.6 Å². The van der Waals surface area contributed by atoms with Crippen LogP contribution in [0.3, 0.4) is 0 Å². The number of rotatable bonds is 3. The summed E-state index contributed by atoms with van der Waals surface area (Å²) in [7, 11) is 0. The summed E-state index contributed by atoms with van der Waals surface area (Å²) < 4.78 is 2.02. The molecule has 0 saturated carbocycles. The number of hydrogen-bond donors (Lipinski definition) is 2. The van der Waals surface area contributed by atoms with Crippen molar-refractivity contribution in [1.82, 2.24) is 19.7 Å². The van der Waals surface area contributed by atoms with Crippen molar-refractivity contribution in [1.29, 1.82) is 0 Å². The Balaban J connectivity index is 1.41. The van der Waals surface area contributed by atoms with E-state index < -0.39 is 0 Å². The molecule has 0 fully saturated rings. The highest BCUT2D eigenvalue weighted by molar-refractivity contribution is 6.11. The minimum absolute atomic E-state index is 0.242. The van der Waals surface area contributed by atoms with Gasteiger partial charge in [-0.3, -0.25) is 14.5 Å². The molecule has 0 radical (unpaired) electrons. The van der Waals surface area contributed by atoms with Crippen LogP contribution in [-0.4, -0.2) is 25.7 Å². The highest BCUT2D eigenvalue weighted by atomic mass is 16.1. The van der Waals surface area contributed by atoms with Crippen molar-refractivity contribution >= 4 is 33.5 Å². The van der Waals surface area contributed by atoms with Crippen LogP contribution in [0.1, 0.15) is 10.5 Å². The summed E-state index contributed by atoms with van der Waals surface area (Å²) in [5.41, 5.74) is 4.89. The van der Waals surface area contributed by atoms with Gasteiger partial charge in [0.15, 0.2) is 5.69 Å². The zero-order valence-corrected chi connectivity index (χ0v) is 14.3. The van der Waals surface area contributed by atoms with Gasteiger partial charge < -0.3 is 5.32 Å². The number of anilines is 1. The van der Waals surface area contributed by atoms with Gasteiger partial charge in [0.1, 0.15) is 6.33 Å². The Morgan fingerprint density at radius 2 is 1.70 bits per heavy atom. The Labute approximate surface area is 154 Å². The number of amides is 1. The third-order valence-corrected chi connectivity index (χ3v) is 4.54. The predicted molar refractivity (Wildman–Crippen MR) is 105 cm³/mol. The van der Waals surface area contributed by atoms with E-state index in [1.54, 1.807) is 6.33 Å². The SMILES string of the molecule is O=C(Nc1ccc(-n2cnc3ccccc32)cc1)c1n[nH]c2ccccc12. The second kappa shape index (κ2) is 6.10. The third kappa shape index (κ3) is 2.64. The third-order valence-electron chi connectivity index (χ3n) is 4.54. The molecule has 0 aliphatic carbocycles. The van der Waals surface area contributed by atoms with Gasteiger partial charge >= 0.3 is 0 Å². The number of hydrogen-bond acceptors (Lipinski definition) is 3. The van der Waals surface area contributed by atoms with Crippen LogP contribution in [0.25, 0.3) is 27.6 Å². The number of H-pyrrole nitrogens is 1. The second-order valence-electron chi connectivity index (χ2n) is 6.22. The van der Waals surface area contributed by atoms with Crippen LogP contribution in [0.5, 0.6) is 0 Å². The monoisotopic (exact) mass is 353 g/mol.